The number of hydrogen-bond acceptors (Lipinski definition) is 6. The number of imidazole rings is 1. The fraction of sp³-hybridized carbons (Fsp3) is 0.259. The maximum Gasteiger partial charge on any atom is 0.411 e. The van der Waals surface area contributed by atoms with E-state index in [4.69, 9.17) is 0 Å². The van der Waals surface area contributed by atoms with Crippen LogP contribution in [0.2, 0.25) is 0 Å². The first-order valence-electron chi connectivity index (χ1n) is 12.2. The lowest BCUT2D eigenvalue weighted by Gasteiger charge is -2.20. The smallest absolute Gasteiger partial charge is 0.411 e. The van der Waals surface area contributed by atoms with E-state index in [9.17, 15) is 14.4 Å². The highest BCUT2D eigenvalue weighted by Gasteiger charge is 2.21. The monoisotopic (exact) mass is 500 g/mol. The third-order valence-electron chi connectivity index (χ3n) is 6.39. The van der Waals surface area contributed by atoms with Gasteiger partial charge < -0.3 is 25.7 Å². The molecule has 0 aliphatic carbocycles. The van der Waals surface area contributed by atoms with E-state index in [-0.39, 0.29) is 18.2 Å². The van der Waals surface area contributed by atoms with Crippen molar-refractivity contribution in [2.45, 2.75) is 31.7 Å². The summed E-state index contributed by atoms with van der Waals surface area (Å²) in [7, 11) is 1.28. The highest BCUT2D eigenvalue weighted by molar-refractivity contribution is 5.98. The van der Waals surface area contributed by atoms with E-state index in [1.54, 1.807) is 30.5 Å². The topological polar surface area (TPSA) is 137 Å². The Balaban J connectivity index is 1.43. The lowest BCUT2D eigenvalue weighted by Crippen LogP contribution is -2.29. The molecule has 37 heavy (non-hydrogen) atoms. The minimum Gasteiger partial charge on any atom is -0.453 e. The van der Waals surface area contributed by atoms with Crippen LogP contribution in [0.15, 0.2) is 54.7 Å². The van der Waals surface area contributed by atoms with Crippen molar-refractivity contribution < 1.29 is 19.1 Å². The van der Waals surface area contributed by atoms with Gasteiger partial charge in [-0.05, 0) is 61.2 Å². The zero-order chi connectivity index (χ0) is 25.8. The molecule has 3 aromatic rings. The van der Waals surface area contributed by atoms with Crippen molar-refractivity contribution in [2.75, 3.05) is 29.6 Å². The van der Waals surface area contributed by atoms with Gasteiger partial charge in [-0.3, -0.25) is 14.9 Å². The van der Waals surface area contributed by atoms with Crippen LogP contribution >= 0.6 is 0 Å². The summed E-state index contributed by atoms with van der Waals surface area (Å²) in [6, 6.07) is 10.4. The van der Waals surface area contributed by atoms with Gasteiger partial charge in [0.05, 0.1) is 30.7 Å². The summed E-state index contributed by atoms with van der Waals surface area (Å²) < 4.78 is 4.66. The fourth-order valence-electron chi connectivity index (χ4n) is 4.50. The maximum atomic E-state index is 13.2. The lowest BCUT2D eigenvalue weighted by atomic mass is 10.0. The normalized spacial score (nSPS) is 17.4. The van der Waals surface area contributed by atoms with E-state index in [2.05, 4.69) is 36.0 Å². The number of carbonyl (C=O) groups excluding carboxylic acids is 3. The fourth-order valence-corrected chi connectivity index (χ4v) is 4.50. The summed E-state index contributed by atoms with van der Waals surface area (Å²) in [5.41, 5.74) is 5.15. The molecule has 3 heterocycles. The number of aryl methyl sites for hydroxylation is 1. The Morgan fingerprint density at radius 1 is 1.11 bits per heavy atom. The van der Waals surface area contributed by atoms with Crippen molar-refractivity contribution in [3.63, 3.8) is 0 Å². The molecule has 1 unspecified atom stereocenters. The van der Waals surface area contributed by atoms with Gasteiger partial charge in [0.2, 0.25) is 5.91 Å². The average molecular weight is 501 g/mol. The second-order valence-electron chi connectivity index (χ2n) is 8.95. The lowest BCUT2D eigenvalue weighted by molar-refractivity contribution is -0.115. The number of aromatic amines is 1. The molecule has 0 radical (unpaired) electrons. The first kappa shape index (κ1) is 24.1. The first-order valence-corrected chi connectivity index (χ1v) is 12.2. The Kier molecular flexibility index (Phi) is 6.89. The molecule has 1 aromatic heterocycles. The molecule has 2 aliphatic rings. The minimum atomic E-state index is -0.611. The predicted octanol–water partition coefficient (Wildman–Crippen LogP) is 4.37. The van der Waals surface area contributed by atoms with E-state index in [0.29, 0.717) is 40.4 Å². The van der Waals surface area contributed by atoms with E-state index >= 15 is 0 Å². The second-order valence-corrected chi connectivity index (χ2v) is 8.95. The zero-order valence-corrected chi connectivity index (χ0v) is 20.4. The van der Waals surface area contributed by atoms with E-state index in [1.165, 1.54) is 7.11 Å². The number of ether oxygens (including phenoxy) is 1. The van der Waals surface area contributed by atoms with Crippen molar-refractivity contribution in [2.24, 2.45) is 0 Å². The summed E-state index contributed by atoms with van der Waals surface area (Å²) in [5.74, 6) is 0.201. The van der Waals surface area contributed by atoms with Crippen LogP contribution in [0.5, 0.6) is 0 Å². The molecule has 2 bridgehead atoms. The van der Waals surface area contributed by atoms with Gasteiger partial charge in [-0.1, -0.05) is 12.2 Å². The van der Waals surface area contributed by atoms with Crippen molar-refractivity contribution in [1.82, 2.24) is 15.3 Å². The number of amides is 3. The highest BCUT2D eigenvalue weighted by atomic mass is 16.5. The largest absolute Gasteiger partial charge is 0.453 e. The second kappa shape index (κ2) is 10.6. The number of hydrogen-bond donors (Lipinski definition) is 5. The SMILES string of the molecule is COC(=O)Nc1ccc2c(c1)NC(=O)C/C=C\CC(NC(=O)c1ccc3c(c1)CCCN3)c1ncc-2[nH]1. The number of benzene rings is 2. The summed E-state index contributed by atoms with van der Waals surface area (Å²) in [6.07, 6.45) is 7.28. The molecule has 0 saturated carbocycles. The van der Waals surface area contributed by atoms with Gasteiger partial charge in [-0.15, -0.1) is 0 Å². The molecule has 0 fully saturated rings. The van der Waals surface area contributed by atoms with E-state index < -0.39 is 12.1 Å². The predicted molar refractivity (Wildman–Crippen MR) is 141 cm³/mol. The number of carbonyl (C=O) groups is 3. The number of methoxy groups -OCH3 is 1. The number of rotatable bonds is 3. The quantitative estimate of drug-likeness (QED) is 0.339. The van der Waals surface area contributed by atoms with Gasteiger partial charge in [-0.2, -0.15) is 0 Å². The maximum absolute atomic E-state index is 13.2. The molecule has 5 rings (SSSR count). The van der Waals surface area contributed by atoms with Gasteiger partial charge in [-0.25, -0.2) is 9.78 Å². The van der Waals surface area contributed by atoms with Crippen LogP contribution in [0.25, 0.3) is 11.3 Å². The Morgan fingerprint density at radius 2 is 2.00 bits per heavy atom. The highest BCUT2D eigenvalue weighted by Crippen LogP contribution is 2.32. The van der Waals surface area contributed by atoms with Crippen molar-refractivity contribution in [3.8, 4) is 11.3 Å². The number of aromatic nitrogens is 2. The molecule has 2 aliphatic heterocycles. The molecule has 10 nitrogen and oxygen atoms in total. The van der Waals surface area contributed by atoms with Crippen molar-refractivity contribution in [3.05, 3.63) is 71.7 Å². The summed E-state index contributed by atoms with van der Waals surface area (Å²) in [4.78, 5) is 45.3. The molecular formula is C27H28N6O4. The Bertz CT molecular complexity index is 1380. The van der Waals surface area contributed by atoms with Gasteiger partial charge in [0, 0.05) is 35.5 Å². The molecule has 1 atom stereocenters. The summed E-state index contributed by atoms with van der Waals surface area (Å²) in [6.45, 7) is 0.942. The van der Waals surface area contributed by atoms with E-state index in [0.717, 1.165) is 30.6 Å². The van der Waals surface area contributed by atoms with Crippen LogP contribution in [0.3, 0.4) is 0 Å². The number of nitrogens with zero attached hydrogens (tertiary/aromatic N) is 1. The Labute approximate surface area is 213 Å². The van der Waals surface area contributed by atoms with Gasteiger partial charge in [0.1, 0.15) is 5.82 Å². The van der Waals surface area contributed by atoms with Gasteiger partial charge >= 0.3 is 6.09 Å². The van der Waals surface area contributed by atoms with Crippen LogP contribution in [0, 0.1) is 0 Å². The molecular weight excluding hydrogens is 472 g/mol. The third kappa shape index (κ3) is 5.48. The van der Waals surface area contributed by atoms with Crippen molar-refractivity contribution >= 4 is 35.0 Å². The van der Waals surface area contributed by atoms with Crippen molar-refractivity contribution in [1.29, 1.82) is 0 Å². The molecule has 3 amide bonds. The number of H-pyrrole nitrogens is 1. The zero-order valence-electron chi connectivity index (χ0n) is 20.4. The molecule has 190 valence electrons. The molecule has 0 saturated heterocycles. The van der Waals surface area contributed by atoms with E-state index in [1.807, 2.05) is 24.3 Å². The van der Waals surface area contributed by atoms with Crippen LogP contribution in [0.4, 0.5) is 21.9 Å². The van der Waals surface area contributed by atoms with Gasteiger partial charge in [0.25, 0.3) is 5.91 Å². The van der Waals surface area contributed by atoms with Crippen LogP contribution in [-0.4, -0.2) is 41.5 Å². The van der Waals surface area contributed by atoms with Crippen LogP contribution in [0.1, 0.15) is 47.1 Å². The van der Waals surface area contributed by atoms with Gasteiger partial charge in [0.15, 0.2) is 0 Å². The summed E-state index contributed by atoms with van der Waals surface area (Å²) >= 11 is 0. The Hall–Kier alpha value is -4.60. The molecule has 2 aromatic carbocycles. The summed E-state index contributed by atoms with van der Waals surface area (Å²) in [5, 5.41) is 12.0. The third-order valence-corrected chi connectivity index (χ3v) is 6.39. The minimum absolute atomic E-state index is 0.158. The standard InChI is InChI=1S/C27H28N6O4/c1-37-27(36)30-18-9-10-19-22(14-18)31-24(34)7-3-2-6-21(25-29-15-23(19)32-25)33-26(35)17-8-11-20-16(13-17)5-4-12-28-20/h2-3,8-11,13-15,21,28H,4-7,12H2,1H3,(H,29,32)(H,30,36)(H,31,34)(H,33,35)/b3-2-. The number of nitrogens with one attached hydrogen (secondary N) is 5. The number of fused-ring (bicyclic) bond motifs is 5. The molecule has 5 N–H and O–H groups in total. The average Bonchev–Trinajstić information content (AvgIpc) is 3.39. The first-order chi connectivity index (χ1) is 18.0. The number of anilines is 3. The molecule has 10 heteroatoms. The van der Waals surface area contributed by atoms with Crippen LogP contribution in [-0.2, 0) is 16.0 Å². The molecule has 0 spiro atoms. The van der Waals surface area contributed by atoms with Crippen LogP contribution < -0.4 is 21.3 Å². The Morgan fingerprint density at radius 3 is 2.86 bits per heavy atom.